The minimum Gasteiger partial charge on any atom is -0.363 e. The third-order valence-corrected chi connectivity index (χ3v) is 6.92. The summed E-state index contributed by atoms with van der Waals surface area (Å²) in [6.45, 7) is 1.29. The monoisotopic (exact) mass is 497 g/mol. The van der Waals surface area contributed by atoms with E-state index < -0.39 is 0 Å². The van der Waals surface area contributed by atoms with Crippen molar-refractivity contribution < 1.29 is 4.79 Å². The van der Waals surface area contributed by atoms with Crippen LogP contribution in [-0.4, -0.2) is 54.9 Å². The van der Waals surface area contributed by atoms with Crippen LogP contribution in [0.4, 0.5) is 5.82 Å². The summed E-state index contributed by atoms with van der Waals surface area (Å²) in [5, 5.41) is 16.8. The highest BCUT2D eigenvalue weighted by Crippen LogP contribution is 2.29. The smallest absolute Gasteiger partial charge is 0.253 e. The van der Waals surface area contributed by atoms with Gasteiger partial charge in [0.1, 0.15) is 0 Å². The number of aromatic amines is 1. The number of carbonyl (C=O) groups excluding carboxylic acids is 1. The fourth-order valence-electron chi connectivity index (χ4n) is 4.67. The second kappa shape index (κ2) is 9.13. The van der Waals surface area contributed by atoms with Gasteiger partial charge >= 0.3 is 0 Å². The Hall–Kier alpha value is -4.17. The number of nitrogens with zero attached hydrogens (tertiary/aromatic N) is 5. The molecule has 4 heterocycles. The molecule has 0 spiro atoms. The van der Waals surface area contributed by atoms with Gasteiger partial charge in [0.2, 0.25) is 0 Å². The van der Waals surface area contributed by atoms with Crippen molar-refractivity contribution in [2.45, 2.75) is 12.5 Å². The van der Waals surface area contributed by atoms with E-state index in [4.69, 9.17) is 11.6 Å². The van der Waals surface area contributed by atoms with E-state index in [-0.39, 0.29) is 11.9 Å². The SMILES string of the molecule is Cn1cc(-c2cnc3[nH]nc(N[C@@H]4CCN(C(=O)c5ccc(-c6ccccc6Cl)cc5)C4)c3c2)cn1. The van der Waals surface area contributed by atoms with Crippen LogP contribution in [-0.2, 0) is 7.05 Å². The molecule has 0 aliphatic carbocycles. The summed E-state index contributed by atoms with van der Waals surface area (Å²) in [4.78, 5) is 19.6. The molecule has 1 aliphatic rings. The highest BCUT2D eigenvalue weighted by Gasteiger charge is 2.28. The van der Waals surface area contributed by atoms with Crippen molar-refractivity contribution >= 4 is 34.4 Å². The molecule has 1 aliphatic heterocycles. The van der Waals surface area contributed by atoms with Crippen LogP contribution < -0.4 is 5.32 Å². The molecule has 3 aromatic heterocycles. The number of aryl methyl sites for hydroxylation is 1. The van der Waals surface area contributed by atoms with Gasteiger partial charge in [-0.1, -0.05) is 41.9 Å². The number of carbonyl (C=O) groups is 1. The summed E-state index contributed by atoms with van der Waals surface area (Å²) in [7, 11) is 1.89. The zero-order chi connectivity index (χ0) is 24.6. The van der Waals surface area contributed by atoms with E-state index in [1.165, 1.54) is 0 Å². The first kappa shape index (κ1) is 22.3. The van der Waals surface area contributed by atoms with Crippen molar-refractivity contribution in [1.82, 2.24) is 29.9 Å². The average Bonchev–Trinajstić information content (AvgIpc) is 3.65. The predicted molar refractivity (Wildman–Crippen MR) is 141 cm³/mol. The molecule has 2 N–H and O–H groups in total. The van der Waals surface area contributed by atoms with Crippen molar-refractivity contribution in [2.24, 2.45) is 7.05 Å². The Balaban J connectivity index is 1.15. The van der Waals surface area contributed by atoms with Gasteiger partial charge in [0.15, 0.2) is 11.5 Å². The average molecular weight is 498 g/mol. The van der Waals surface area contributed by atoms with Crippen LogP contribution in [0.25, 0.3) is 33.3 Å². The normalized spacial score (nSPS) is 15.5. The number of halogens is 1. The lowest BCUT2D eigenvalue weighted by molar-refractivity contribution is 0.0791. The van der Waals surface area contributed by atoms with Gasteiger partial charge in [0.05, 0.1) is 11.6 Å². The summed E-state index contributed by atoms with van der Waals surface area (Å²) in [5.74, 6) is 0.768. The van der Waals surface area contributed by atoms with Crippen LogP contribution in [0.15, 0.2) is 73.2 Å². The first-order valence-corrected chi connectivity index (χ1v) is 12.2. The van der Waals surface area contributed by atoms with Crippen LogP contribution in [0.5, 0.6) is 0 Å². The lowest BCUT2D eigenvalue weighted by Gasteiger charge is -2.17. The van der Waals surface area contributed by atoms with E-state index in [0.29, 0.717) is 23.7 Å². The quantitative estimate of drug-likeness (QED) is 0.356. The molecule has 0 unspecified atom stereocenters. The molecule has 36 heavy (non-hydrogen) atoms. The molecule has 8 nitrogen and oxygen atoms in total. The number of pyridine rings is 1. The van der Waals surface area contributed by atoms with Crippen molar-refractivity contribution in [3.05, 3.63) is 83.8 Å². The molecular weight excluding hydrogens is 474 g/mol. The van der Waals surface area contributed by atoms with E-state index >= 15 is 0 Å². The highest BCUT2D eigenvalue weighted by atomic mass is 35.5. The van der Waals surface area contributed by atoms with Gasteiger partial charge in [-0.25, -0.2) is 4.98 Å². The third kappa shape index (κ3) is 4.20. The van der Waals surface area contributed by atoms with Gasteiger partial charge in [-0.05, 0) is 36.2 Å². The molecule has 1 saturated heterocycles. The van der Waals surface area contributed by atoms with Crippen molar-refractivity contribution in [3.63, 3.8) is 0 Å². The Labute approximate surface area is 212 Å². The number of hydrogen-bond donors (Lipinski definition) is 2. The highest BCUT2D eigenvalue weighted by molar-refractivity contribution is 6.33. The Morgan fingerprint density at radius 3 is 2.69 bits per heavy atom. The summed E-state index contributed by atoms with van der Waals surface area (Å²) in [5.41, 5.74) is 5.30. The van der Waals surface area contributed by atoms with Gasteiger partial charge in [0, 0.05) is 65.8 Å². The molecule has 0 bridgehead atoms. The van der Waals surface area contributed by atoms with Crippen LogP contribution in [0, 0.1) is 0 Å². The number of rotatable bonds is 5. The van der Waals surface area contributed by atoms with E-state index in [2.05, 4.69) is 31.7 Å². The maximum Gasteiger partial charge on any atom is 0.253 e. The number of likely N-dealkylation sites (tertiary alicyclic amines) is 1. The van der Waals surface area contributed by atoms with Crippen LogP contribution in [0.2, 0.25) is 5.02 Å². The number of benzene rings is 2. The second-order valence-corrected chi connectivity index (χ2v) is 9.44. The van der Waals surface area contributed by atoms with E-state index in [1.807, 2.05) is 79.1 Å². The zero-order valence-electron chi connectivity index (χ0n) is 19.6. The maximum atomic E-state index is 13.2. The minimum absolute atomic E-state index is 0.0254. The number of amides is 1. The molecule has 5 aromatic rings. The third-order valence-electron chi connectivity index (χ3n) is 6.59. The molecule has 1 amide bonds. The zero-order valence-corrected chi connectivity index (χ0v) is 20.4. The Morgan fingerprint density at radius 1 is 1.08 bits per heavy atom. The lowest BCUT2D eigenvalue weighted by atomic mass is 10.0. The Bertz CT molecular complexity index is 1560. The fraction of sp³-hybridized carbons (Fsp3) is 0.185. The molecule has 2 aromatic carbocycles. The number of anilines is 1. The summed E-state index contributed by atoms with van der Waals surface area (Å²) >= 11 is 6.32. The van der Waals surface area contributed by atoms with Crippen molar-refractivity contribution in [3.8, 4) is 22.3 Å². The van der Waals surface area contributed by atoms with Gasteiger partial charge in [-0.3, -0.25) is 14.6 Å². The van der Waals surface area contributed by atoms with Crippen molar-refractivity contribution in [1.29, 1.82) is 0 Å². The van der Waals surface area contributed by atoms with Gasteiger partial charge < -0.3 is 10.2 Å². The molecule has 9 heteroatoms. The fourth-order valence-corrected chi connectivity index (χ4v) is 4.91. The molecule has 0 saturated carbocycles. The summed E-state index contributed by atoms with van der Waals surface area (Å²) in [6, 6.07) is 17.5. The molecule has 0 radical (unpaired) electrons. The number of aromatic nitrogens is 5. The number of hydrogen-bond acceptors (Lipinski definition) is 5. The second-order valence-electron chi connectivity index (χ2n) is 9.03. The van der Waals surface area contributed by atoms with Crippen LogP contribution in [0.1, 0.15) is 16.8 Å². The van der Waals surface area contributed by atoms with Gasteiger partial charge in [-0.2, -0.15) is 10.2 Å². The van der Waals surface area contributed by atoms with E-state index in [9.17, 15) is 4.79 Å². The molecule has 1 atom stereocenters. The Kier molecular flexibility index (Phi) is 5.65. The topological polar surface area (TPSA) is 91.7 Å². The van der Waals surface area contributed by atoms with E-state index in [0.717, 1.165) is 45.5 Å². The predicted octanol–water partition coefficient (Wildman–Crippen LogP) is 5.01. The number of nitrogens with one attached hydrogen (secondary N) is 2. The molecule has 1 fully saturated rings. The standard InChI is InChI=1S/C27H24ClN7O/c1-34-15-20(14-30-34)19-12-23-25(29-13-19)32-33-26(23)31-21-10-11-35(16-21)27(36)18-8-6-17(7-9-18)22-4-2-3-5-24(22)28/h2-9,12-15,21H,10-11,16H2,1H3,(H2,29,31,32,33)/t21-/m1/s1. The van der Waals surface area contributed by atoms with Gasteiger partial charge in [0.25, 0.3) is 5.91 Å². The Morgan fingerprint density at radius 2 is 1.92 bits per heavy atom. The van der Waals surface area contributed by atoms with Crippen LogP contribution in [0.3, 0.4) is 0 Å². The van der Waals surface area contributed by atoms with Crippen molar-refractivity contribution in [2.75, 3.05) is 18.4 Å². The maximum absolute atomic E-state index is 13.2. The van der Waals surface area contributed by atoms with E-state index in [1.54, 1.807) is 4.68 Å². The number of H-pyrrole nitrogens is 1. The number of fused-ring (bicyclic) bond motifs is 1. The largest absolute Gasteiger partial charge is 0.363 e. The summed E-state index contributed by atoms with van der Waals surface area (Å²) < 4.78 is 1.77. The molecule has 6 rings (SSSR count). The molecular formula is C27H24ClN7O. The minimum atomic E-state index is 0.0254. The van der Waals surface area contributed by atoms with Gasteiger partial charge in [-0.15, -0.1) is 0 Å². The first-order valence-electron chi connectivity index (χ1n) is 11.8. The first-order chi connectivity index (χ1) is 17.5. The molecule has 180 valence electrons. The van der Waals surface area contributed by atoms with Crippen LogP contribution >= 0.6 is 11.6 Å². The lowest BCUT2D eigenvalue weighted by Crippen LogP contribution is -2.31. The summed E-state index contributed by atoms with van der Waals surface area (Å²) in [6.07, 6.45) is 6.43.